The molecule has 372 valence electrons. The molecule has 0 saturated carbocycles. The Hall–Kier alpha value is -10.4. The fourth-order valence-electron chi connectivity index (χ4n) is 14.2. The third-order valence-corrected chi connectivity index (χ3v) is 17.8. The first-order valence-electron chi connectivity index (χ1n) is 27.7. The molecule has 6 heterocycles. The first-order chi connectivity index (χ1) is 40.1. The smallest absolute Gasteiger partial charge is 0.260 e. The van der Waals surface area contributed by atoms with Gasteiger partial charge in [-0.3, -0.25) is 0 Å². The number of rotatable bonds is 3. The van der Waals surface area contributed by atoms with Crippen LogP contribution in [0.25, 0.3) is 65.7 Å². The van der Waals surface area contributed by atoms with Crippen LogP contribution in [-0.4, -0.2) is 20.1 Å². The van der Waals surface area contributed by atoms with Gasteiger partial charge in [0.25, 0.3) is 20.1 Å². The van der Waals surface area contributed by atoms with Gasteiger partial charge in [-0.15, -0.1) is 0 Å². The molecule has 0 bridgehead atoms. The van der Waals surface area contributed by atoms with Crippen LogP contribution in [0.15, 0.2) is 237 Å². The summed E-state index contributed by atoms with van der Waals surface area (Å²) in [6.07, 6.45) is 0. The van der Waals surface area contributed by atoms with Gasteiger partial charge in [-0.1, -0.05) is 164 Å². The van der Waals surface area contributed by atoms with E-state index in [0.29, 0.717) is 0 Å². The van der Waals surface area contributed by atoms with Gasteiger partial charge < -0.3 is 28.4 Å². The standard InChI is InChI=1S/C72H39B3O6/c1-4-13-40(14-5-1)43-25-28-52-64(31-43)76-58-19-10-22-61-70(58)73(52)55-34-46-49(37-67(55)79-61)47-35-56-69(81-63-24-12-21-60-72(63)74(56)53-29-26-44(32-65(53)78-60)41-15-6-2-7-16-41)39-51(47)48-36-57-68(38-50(46)48)80-62-23-11-20-59-71(62)75(57)54-30-27-45(33-66(54)77-59)42-17-8-3-9-18-42/h1-39H. The fraction of sp³-hybridized carbons (Fsp3) is 0. The maximum Gasteiger partial charge on any atom is 0.260 e. The average Bonchev–Trinajstić information content (AvgIpc) is 1.95. The van der Waals surface area contributed by atoms with Crippen molar-refractivity contribution in [2.75, 3.05) is 0 Å². The van der Waals surface area contributed by atoms with E-state index in [-0.39, 0.29) is 20.1 Å². The van der Waals surface area contributed by atoms with Crippen LogP contribution < -0.4 is 77.6 Å². The van der Waals surface area contributed by atoms with Gasteiger partial charge in [-0.05, 0) is 171 Å². The summed E-state index contributed by atoms with van der Waals surface area (Å²) < 4.78 is 41.8. The summed E-state index contributed by atoms with van der Waals surface area (Å²) in [4.78, 5) is 0. The van der Waals surface area contributed by atoms with Gasteiger partial charge in [0.05, 0.1) is 0 Å². The van der Waals surface area contributed by atoms with E-state index in [1.807, 2.05) is 18.2 Å². The average molecular weight is 1030 g/mol. The van der Waals surface area contributed by atoms with Crippen LogP contribution >= 0.6 is 0 Å². The molecular weight excluding hydrogens is 993 g/mol. The minimum Gasteiger partial charge on any atom is -0.458 e. The Morgan fingerprint density at radius 3 is 0.691 bits per heavy atom. The third kappa shape index (κ3) is 6.20. The minimum atomic E-state index is -0.159. The van der Waals surface area contributed by atoms with Crippen LogP contribution in [0.5, 0.6) is 69.0 Å². The normalized spacial score (nSPS) is 13.7. The zero-order valence-electron chi connectivity index (χ0n) is 43.2. The summed E-state index contributed by atoms with van der Waals surface area (Å²) >= 11 is 0. The van der Waals surface area contributed by atoms with Gasteiger partial charge in [0.1, 0.15) is 69.0 Å². The molecule has 6 aliphatic rings. The molecule has 6 nitrogen and oxygen atoms in total. The van der Waals surface area contributed by atoms with E-state index < -0.39 is 0 Å². The largest absolute Gasteiger partial charge is 0.458 e. The van der Waals surface area contributed by atoms with Crippen LogP contribution in [0.2, 0.25) is 0 Å². The predicted octanol–water partition coefficient (Wildman–Crippen LogP) is 12.3. The van der Waals surface area contributed by atoms with Gasteiger partial charge in [0.15, 0.2) is 0 Å². The zero-order valence-corrected chi connectivity index (χ0v) is 43.2. The molecule has 0 amide bonds. The van der Waals surface area contributed by atoms with Gasteiger partial charge >= 0.3 is 0 Å². The van der Waals surface area contributed by atoms with Crippen molar-refractivity contribution in [2.45, 2.75) is 0 Å². The fourth-order valence-corrected chi connectivity index (χ4v) is 14.2. The van der Waals surface area contributed by atoms with Crippen LogP contribution in [-0.2, 0) is 0 Å². The Morgan fingerprint density at radius 2 is 0.420 bits per heavy atom. The van der Waals surface area contributed by atoms with Crippen molar-refractivity contribution in [1.82, 2.24) is 0 Å². The molecular formula is C72H39B3O6. The van der Waals surface area contributed by atoms with Gasteiger partial charge in [-0.25, -0.2) is 0 Å². The summed E-state index contributed by atoms with van der Waals surface area (Å²) in [6, 6.07) is 84.0. The maximum absolute atomic E-state index is 7.11. The molecule has 0 aliphatic carbocycles. The van der Waals surface area contributed by atoms with Gasteiger partial charge in [0.2, 0.25) is 0 Å². The van der Waals surface area contributed by atoms with Crippen LogP contribution in [0.3, 0.4) is 0 Å². The van der Waals surface area contributed by atoms with E-state index in [2.05, 4.69) is 218 Å². The van der Waals surface area contributed by atoms with E-state index in [9.17, 15) is 0 Å². The van der Waals surface area contributed by atoms with Crippen molar-refractivity contribution >= 4 is 102 Å². The summed E-state index contributed by atoms with van der Waals surface area (Å²) in [6.45, 7) is -0.476. The summed E-state index contributed by atoms with van der Waals surface area (Å²) in [5.74, 6) is 9.76. The molecule has 0 unspecified atom stereocenters. The lowest BCUT2D eigenvalue weighted by Crippen LogP contribution is -2.57. The Morgan fingerprint density at radius 1 is 0.173 bits per heavy atom. The Kier molecular flexibility index (Phi) is 8.68. The third-order valence-electron chi connectivity index (χ3n) is 17.8. The molecule has 13 aromatic rings. The molecule has 9 heteroatoms. The van der Waals surface area contributed by atoms with E-state index in [4.69, 9.17) is 28.4 Å². The van der Waals surface area contributed by atoms with Crippen molar-refractivity contribution in [3.05, 3.63) is 237 Å². The highest BCUT2D eigenvalue weighted by Gasteiger charge is 2.44. The topological polar surface area (TPSA) is 55.4 Å². The second-order valence-electron chi connectivity index (χ2n) is 22.1. The quantitative estimate of drug-likeness (QED) is 0.130. The molecule has 0 spiro atoms. The lowest BCUT2D eigenvalue weighted by atomic mass is 9.34. The Labute approximate surface area is 466 Å². The van der Waals surface area contributed by atoms with Gasteiger partial charge in [-0.2, -0.15) is 0 Å². The molecule has 19 rings (SSSR count). The van der Waals surface area contributed by atoms with E-state index in [1.54, 1.807) is 0 Å². The SMILES string of the molecule is c1ccc(-c2ccc3c(c2)Oc2cccc4c2B3c2cc3c(cc2O4)c2cc4c(cc2c2cc5c(cc32)Oc2cccc3c2B5c2ccc(-c5ccccc5)cc2O3)Oc2cccc3c2B4c2ccc(-c4ccccc4)cc2O3)cc1. The highest BCUT2D eigenvalue weighted by atomic mass is 16.5. The van der Waals surface area contributed by atoms with E-state index >= 15 is 0 Å². The first kappa shape index (κ1) is 43.6. The predicted molar refractivity (Wildman–Crippen MR) is 328 cm³/mol. The molecule has 81 heavy (non-hydrogen) atoms. The highest BCUT2D eigenvalue weighted by Crippen LogP contribution is 2.46. The zero-order chi connectivity index (χ0) is 52.6. The van der Waals surface area contributed by atoms with Crippen molar-refractivity contribution in [1.29, 1.82) is 0 Å². The Balaban J connectivity index is 0.874. The number of benzene rings is 13. The Bertz CT molecular complexity index is 4440. The highest BCUT2D eigenvalue weighted by molar-refractivity contribution is 7.00. The van der Waals surface area contributed by atoms with E-state index in [0.717, 1.165) is 184 Å². The maximum atomic E-state index is 7.11. The van der Waals surface area contributed by atoms with Crippen molar-refractivity contribution in [3.8, 4) is 102 Å². The molecule has 0 aromatic heterocycles. The first-order valence-corrected chi connectivity index (χ1v) is 27.7. The molecule has 0 fully saturated rings. The van der Waals surface area contributed by atoms with Crippen LogP contribution in [0, 0.1) is 0 Å². The molecule has 6 aliphatic heterocycles. The van der Waals surface area contributed by atoms with Crippen molar-refractivity contribution in [2.24, 2.45) is 0 Å². The van der Waals surface area contributed by atoms with Gasteiger partial charge in [0, 0.05) is 16.4 Å². The second kappa shape index (κ2) is 16.1. The molecule has 0 atom stereocenters. The van der Waals surface area contributed by atoms with E-state index in [1.165, 1.54) is 0 Å². The molecule has 0 N–H and O–H groups in total. The van der Waals surface area contributed by atoms with Crippen LogP contribution in [0.1, 0.15) is 0 Å². The summed E-state index contributed by atoms with van der Waals surface area (Å²) in [7, 11) is 0. The number of hydrogen-bond donors (Lipinski definition) is 0. The summed E-state index contributed by atoms with van der Waals surface area (Å²) in [5.41, 5.74) is 16.3. The lowest BCUT2D eigenvalue weighted by molar-refractivity contribution is 0.464. The lowest BCUT2D eigenvalue weighted by Gasteiger charge is -2.34. The second-order valence-corrected chi connectivity index (χ2v) is 22.1. The number of ether oxygens (including phenoxy) is 6. The van der Waals surface area contributed by atoms with Crippen LogP contribution in [0.4, 0.5) is 0 Å². The number of hydrogen-bond acceptors (Lipinski definition) is 6. The molecule has 0 saturated heterocycles. The minimum absolute atomic E-state index is 0.159. The number of fused-ring (bicyclic) bond motifs is 18. The summed E-state index contributed by atoms with van der Waals surface area (Å²) in [5, 5.41) is 6.49. The van der Waals surface area contributed by atoms with Crippen molar-refractivity contribution in [3.63, 3.8) is 0 Å². The monoisotopic (exact) mass is 1030 g/mol. The molecule has 13 aromatic carbocycles. The van der Waals surface area contributed by atoms with Crippen molar-refractivity contribution < 1.29 is 28.4 Å². The molecule has 0 radical (unpaired) electrons.